The van der Waals surface area contributed by atoms with Crippen molar-refractivity contribution in [3.8, 4) is 0 Å². The summed E-state index contributed by atoms with van der Waals surface area (Å²) in [6.45, 7) is 9.22. The van der Waals surface area contributed by atoms with Gasteiger partial charge in [0, 0.05) is 35.8 Å². The first-order valence-electron chi connectivity index (χ1n) is 8.81. The summed E-state index contributed by atoms with van der Waals surface area (Å²) in [5.74, 6) is -5.97. The number of hydrogen-bond acceptors (Lipinski definition) is 12. The van der Waals surface area contributed by atoms with E-state index < -0.39 is 35.8 Å². The Hall–Kier alpha value is -2.49. The fraction of sp³-hybridized carbons (Fsp3) is 0.667. The quantitative estimate of drug-likeness (QED) is 0.291. The van der Waals surface area contributed by atoms with E-state index in [4.69, 9.17) is 0 Å². The second-order valence-electron chi connectivity index (χ2n) is 4.35. The van der Waals surface area contributed by atoms with Crippen molar-refractivity contribution in [2.45, 2.75) is 80.1 Å². The standard InChI is InChI=1S/6C3H6O2.Mo/c6*1-2-3(4)5;/h6*2H2,1H3,(H,4,5);/q;;;;;;+6/p-6. The molecule has 0 aromatic rings. The Morgan fingerprint density at radius 1 is 0.355 bits per heavy atom. The largest absolute Gasteiger partial charge is 6.00 e. The van der Waals surface area contributed by atoms with Crippen molar-refractivity contribution >= 4 is 35.8 Å². The predicted molar refractivity (Wildman–Crippen MR) is 91.8 cm³/mol. The molecule has 0 unspecified atom stereocenters. The van der Waals surface area contributed by atoms with Gasteiger partial charge in [-0.3, -0.25) is 0 Å². The zero-order chi connectivity index (χ0) is 25.7. The number of carbonyl (C=O) groups excluding carboxylic acids is 6. The van der Waals surface area contributed by atoms with Crippen LogP contribution in [0.4, 0.5) is 0 Å². The molecule has 0 N–H and O–H groups in total. The van der Waals surface area contributed by atoms with Crippen LogP contribution in [0.1, 0.15) is 80.1 Å². The van der Waals surface area contributed by atoms with Crippen LogP contribution in [0.3, 0.4) is 0 Å². The summed E-state index contributed by atoms with van der Waals surface area (Å²) in [5.41, 5.74) is 0. The van der Waals surface area contributed by atoms with Crippen molar-refractivity contribution in [2.75, 3.05) is 0 Å². The van der Waals surface area contributed by atoms with E-state index in [9.17, 15) is 59.4 Å². The SMILES string of the molecule is CCC(=O)[O-].CCC(=O)[O-].CCC(=O)[O-].CCC(=O)[O-].CCC(=O)[O-].CCC(=O)[O-].[Mo+6]. The van der Waals surface area contributed by atoms with Gasteiger partial charge in [-0.05, 0) is 38.5 Å². The minimum absolute atomic E-state index is 0. The second kappa shape index (κ2) is 41.8. The Morgan fingerprint density at radius 2 is 0.387 bits per heavy atom. The Kier molecular flexibility index (Phi) is 62.9. The molecule has 0 aromatic carbocycles. The number of carboxylic acid groups (broad SMARTS) is 6. The maximum atomic E-state index is 9.26. The summed E-state index contributed by atoms with van der Waals surface area (Å²) >= 11 is 0. The van der Waals surface area contributed by atoms with Crippen LogP contribution in [-0.4, -0.2) is 35.8 Å². The van der Waals surface area contributed by atoms with Gasteiger partial charge >= 0.3 is 21.1 Å². The molecule has 180 valence electrons. The van der Waals surface area contributed by atoms with E-state index >= 15 is 0 Å². The molecule has 0 saturated carbocycles. The van der Waals surface area contributed by atoms with Crippen molar-refractivity contribution in [2.24, 2.45) is 0 Å². The predicted octanol–water partition coefficient (Wildman–Crippen LogP) is -5.12. The van der Waals surface area contributed by atoms with Crippen LogP contribution in [0.25, 0.3) is 0 Å². The van der Waals surface area contributed by atoms with E-state index in [1.165, 1.54) is 41.5 Å². The van der Waals surface area contributed by atoms with E-state index in [-0.39, 0.29) is 59.6 Å². The first-order chi connectivity index (χ1) is 13.6. The third-order valence-electron chi connectivity index (χ3n) is 1.73. The van der Waals surface area contributed by atoms with Crippen LogP contribution in [0, 0.1) is 0 Å². The van der Waals surface area contributed by atoms with Crippen molar-refractivity contribution < 1.29 is 80.5 Å². The third-order valence-corrected chi connectivity index (χ3v) is 1.73. The normalized spacial score (nSPS) is 7.16. The van der Waals surface area contributed by atoms with Crippen molar-refractivity contribution in [3.05, 3.63) is 0 Å². The Bertz CT molecular complexity index is 356. The van der Waals surface area contributed by atoms with Gasteiger partial charge in [-0.15, -0.1) is 0 Å². The second-order valence-corrected chi connectivity index (χ2v) is 4.35. The van der Waals surface area contributed by atoms with Gasteiger partial charge in [0.2, 0.25) is 0 Å². The monoisotopic (exact) mass is 536 g/mol. The molecule has 0 heterocycles. The van der Waals surface area contributed by atoms with Crippen molar-refractivity contribution in [1.29, 1.82) is 0 Å². The van der Waals surface area contributed by atoms with Gasteiger partial charge in [-0.2, -0.15) is 0 Å². The van der Waals surface area contributed by atoms with Gasteiger partial charge in [-0.1, -0.05) is 41.5 Å². The molecule has 0 aromatic heterocycles. The summed E-state index contributed by atoms with van der Waals surface area (Å²) < 4.78 is 0. The van der Waals surface area contributed by atoms with Gasteiger partial charge in [0.15, 0.2) is 0 Å². The molecule has 0 aliphatic rings. The molecule has 0 amide bonds. The van der Waals surface area contributed by atoms with E-state index in [1.54, 1.807) is 0 Å². The molecule has 0 aliphatic heterocycles. The summed E-state index contributed by atoms with van der Waals surface area (Å²) in [7, 11) is 0. The van der Waals surface area contributed by atoms with Gasteiger partial charge < -0.3 is 59.4 Å². The number of carboxylic acids is 6. The minimum atomic E-state index is -0.995. The fourth-order valence-corrected chi connectivity index (χ4v) is 0. The first-order valence-corrected chi connectivity index (χ1v) is 8.81. The smallest absolute Gasteiger partial charge is 0.550 e. The number of carbonyl (C=O) groups is 6. The molecule has 0 radical (unpaired) electrons. The summed E-state index contributed by atoms with van der Waals surface area (Å²) in [5, 5.41) is 55.5. The molecule has 13 heteroatoms. The van der Waals surface area contributed by atoms with Crippen molar-refractivity contribution in [3.63, 3.8) is 0 Å². The zero-order valence-electron chi connectivity index (χ0n) is 18.5. The van der Waals surface area contributed by atoms with Gasteiger partial charge in [-0.25, -0.2) is 0 Å². The average Bonchev–Trinajstić information content (AvgIpc) is 2.69. The van der Waals surface area contributed by atoms with Crippen molar-refractivity contribution in [1.82, 2.24) is 0 Å². The van der Waals surface area contributed by atoms with Crippen LogP contribution in [0.5, 0.6) is 0 Å². The molecular formula is C18H30MoO12. The third kappa shape index (κ3) is 198. The first kappa shape index (κ1) is 46.6. The summed E-state index contributed by atoms with van der Waals surface area (Å²) in [6.07, 6.45) is 0.667. The number of hydrogen-bond donors (Lipinski definition) is 0. The van der Waals surface area contributed by atoms with E-state index in [2.05, 4.69) is 0 Å². The average molecular weight is 534 g/mol. The van der Waals surface area contributed by atoms with E-state index in [0.717, 1.165) is 0 Å². The molecule has 0 bridgehead atoms. The van der Waals surface area contributed by atoms with E-state index in [1.807, 2.05) is 0 Å². The van der Waals surface area contributed by atoms with Crippen LogP contribution in [0.2, 0.25) is 0 Å². The van der Waals surface area contributed by atoms with E-state index in [0.29, 0.717) is 0 Å². The molecule has 12 nitrogen and oxygen atoms in total. The molecule has 0 spiro atoms. The molecule has 0 atom stereocenters. The molecule has 0 saturated heterocycles. The summed E-state index contributed by atoms with van der Waals surface area (Å²) in [4.78, 5) is 55.5. The van der Waals surface area contributed by atoms with Crippen LogP contribution in [0.15, 0.2) is 0 Å². The molecule has 0 aliphatic carbocycles. The Morgan fingerprint density at radius 3 is 0.387 bits per heavy atom. The minimum Gasteiger partial charge on any atom is -0.550 e. The van der Waals surface area contributed by atoms with Crippen LogP contribution in [-0.2, 0) is 49.8 Å². The van der Waals surface area contributed by atoms with Gasteiger partial charge in [0.1, 0.15) is 0 Å². The number of rotatable bonds is 6. The molecular weight excluding hydrogens is 504 g/mol. The Balaban J connectivity index is -0.0000000443. The topological polar surface area (TPSA) is 241 Å². The zero-order valence-corrected chi connectivity index (χ0v) is 20.6. The summed E-state index contributed by atoms with van der Waals surface area (Å²) in [6, 6.07) is 0. The van der Waals surface area contributed by atoms with Gasteiger partial charge in [0.25, 0.3) is 0 Å². The number of aliphatic carboxylic acids is 6. The fourth-order valence-electron chi connectivity index (χ4n) is 0. The van der Waals surface area contributed by atoms with Gasteiger partial charge in [0.05, 0.1) is 0 Å². The molecule has 0 fully saturated rings. The molecule has 31 heavy (non-hydrogen) atoms. The molecule has 0 rings (SSSR count). The van der Waals surface area contributed by atoms with Crippen LogP contribution < -0.4 is 30.6 Å². The maximum absolute atomic E-state index is 9.26. The maximum Gasteiger partial charge on any atom is 6.00 e. The Labute approximate surface area is 196 Å². The van der Waals surface area contributed by atoms with Crippen LogP contribution >= 0.6 is 0 Å².